The molecule has 8 nitrogen and oxygen atoms in total. The van der Waals surface area contributed by atoms with Crippen LogP contribution in [0.4, 0.5) is 10.5 Å². The Hall–Kier alpha value is -4.17. The van der Waals surface area contributed by atoms with E-state index in [1.165, 1.54) is 30.3 Å². The van der Waals surface area contributed by atoms with Gasteiger partial charge in [-0.25, -0.2) is 14.5 Å². The number of amides is 4. The number of esters is 1. The fourth-order valence-corrected chi connectivity index (χ4v) is 3.50. The van der Waals surface area contributed by atoms with E-state index in [0.717, 1.165) is 17.7 Å². The molecule has 0 radical (unpaired) electrons. The number of ether oxygens (including phenoxy) is 1. The standard InChI is InChI=1S/C26H21ClN2O6/c1-2-3-14-34-25(32)17-6-4-16(5-7-17)22-13-12-20(35-22)15-21-23(30)28-26(33)29(24(21)31)19-10-8-18(27)9-11-19/h4-13,15H,2-3,14H2,1H3,(H,28,30,33). The summed E-state index contributed by atoms with van der Waals surface area (Å²) in [5.74, 6) is -1.29. The molecule has 178 valence electrons. The normalized spacial score (nSPS) is 14.9. The van der Waals surface area contributed by atoms with Gasteiger partial charge in [-0.1, -0.05) is 37.1 Å². The number of unbranched alkanes of at least 4 members (excludes halogenated alkanes) is 1. The van der Waals surface area contributed by atoms with Gasteiger partial charge in [0, 0.05) is 10.6 Å². The molecule has 0 saturated carbocycles. The molecule has 1 aromatic heterocycles. The van der Waals surface area contributed by atoms with E-state index >= 15 is 0 Å². The van der Waals surface area contributed by atoms with Gasteiger partial charge in [-0.05, 0) is 61.0 Å². The van der Waals surface area contributed by atoms with Gasteiger partial charge in [0.25, 0.3) is 11.8 Å². The maximum atomic E-state index is 13.0. The van der Waals surface area contributed by atoms with E-state index < -0.39 is 23.8 Å². The Morgan fingerprint density at radius 1 is 1.03 bits per heavy atom. The van der Waals surface area contributed by atoms with Gasteiger partial charge < -0.3 is 9.15 Å². The Labute approximate surface area is 206 Å². The molecule has 0 spiro atoms. The topological polar surface area (TPSA) is 106 Å². The van der Waals surface area contributed by atoms with Crippen molar-refractivity contribution in [2.24, 2.45) is 0 Å². The van der Waals surface area contributed by atoms with Gasteiger partial charge in [0.2, 0.25) is 0 Å². The molecule has 2 aromatic carbocycles. The van der Waals surface area contributed by atoms with Crippen molar-refractivity contribution in [2.45, 2.75) is 19.8 Å². The summed E-state index contributed by atoms with van der Waals surface area (Å²) in [7, 11) is 0. The second-order valence-corrected chi connectivity index (χ2v) is 8.14. The molecule has 3 aromatic rings. The number of nitrogens with one attached hydrogen (secondary N) is 1. The Morgan fingerprint density at radius 2 is 1.74 bits per heavy atom. The van der Waals surface area contributed by atoms with Gasteiger partial charge in [0.05, 0.1) is 17.9 Å². The van der Waals surface area contributed by atoms with Gasteiger partial charge >= 0.3 is 12.0 Å². The molecule has 2 heterocycles. The van der Waals surface area contributed by atoms with Crippen LogP contribution in [-0.4, -0.2) is 30.4 Å². The average Bonchev–Trinajstić information content (AvgIpc) is 3.32. The lowest BCUT2D eigenvalue weighted by atomic mass is 10.1. The SMILES string of the molecule is CCCCOC(=O)c1ccc(-c2ccc(C=C3C(=O)NC(=O)N(c4ccc(Cl)cc4)C3=O)o2)cc1. The fourth-order valence-electron chi connectivity index (χ4n) is 3.37. The molecule has 9 heteroatoms. The zero-order chi connectivity index (χ0) is 24.9. The number of hydrogen-bond acceptors (Lipinski definition) is 6. The maximum absolute atomic E-state index is 13.0. The predicted molar refractivity (Wildman–Crippen MR) is 130 cm³/mol. The number of carbonyl (C=O) groups is 4. The first kappa shape index (κ1) is 24.0. The number of benzene rings is 2. The lowest BCUT2D eigenvalue weighted by Gasteiger charge is -2.26. The summed E-state index contributed by atoms with van der Waals surface area (Å²) >= 11 is 5.88. The van der Waals surface area contributed by atoms with Crippen molar-refractivity contribution in [3.8, 4) is 11.3 Å². The summed E-state index contributed by atoms with van der Waals surface area (Å²) in [6, 6.07) is 15.2. The molecule has 1 aliphatic heterocycles. The molecule has 0 unspecified atom stereocenters. The van der Waals surface area contributed by atoms with E-state index in [1.54, 1.807) is 36.4 Å². The Morgan fingerprint density at radius 3 is 2.43 bits per heavy atom. The first-order valence-electron chi connectivity index (χ1n) is 10.9. The number of anilines is 1. The molecule has 1 aliphatic rings. The van der Waals surface area contributed by atoms with Crippen molar-refractivity contribution >= 4 is 47.2 Å². The largest absolute Gasteiger partial charge is 0.462 e. The first-order chi connectivity index (χ1) is 16.9. The van der Waals surface area contributed by atoms with E-state index in [-0.39, 0.29) is 17.0 Å². The summed E-state index contributed by atoms with van der Waals surface area (Å²) < 4.78 is 11.0. The number of halogens is 1. The molecular weight excluding hydrogens is 472 g/mol. The fraction of sp³-hybridized carbons (Fsp3) is 0.154. The molecule has 0 atom stereocenters. The average molecular weight is 493 g/mol. The molecule has 4 rings (SSSR count). The summed E-state index contributed by atoms with van der Waals surface area (Å²) in [6.45, 7) is 2.39. The number of furan rings is 1. The number of barbiturate groups is 1. The first-order valence-corrected chi connectivity index (χ1v) is 11.3. The van der Waals surface area contributed by atoms with Gasteiger partial charge in [-0.2, -0.15) is 0 Å². The highest BCUT2D eigenvalue weighted by Crippen LogP contribution is 2.27. The number of nitrogens with zero attached hydrogens (tertiary/aromatic N) is 1. The highest BCUT2D eigenvalue weighted by Gasteiger charge is 2.37. The molecular formula is C26H21ClN2O6. The van der Waals surface area contributed by atoms with E-state index in [2.05, 4.69) is 5.32 Å². The zero-order valence-corrected chi connectivity index (χ0v) is 19.5. The van der Waals surface area contributed by atoms with E-state index in [0.29, 0.717) is 28.5 Å². The maximum Gasteiger partial charge on any atom is 0.338 e. The number of hydrogen-bond donors (Lipinski definition) is 1. The van der Waals surface area contributed by atoms with Crippen LogP contribution in [-0.2, 0) is 14.3 Å². The number of carbonyl (C=O) groups excluding carboxylic acids is 4. The minimum absolute atomic E-state index is 0.243. The van der Waals surface area contributed by atoms with Gasteiger partial charge in [0.15, 0.2) is 0 Å². The van der Waals surface area contributed by atoms with Crippen molar-refractivity contribution in [3.05, 3.63) is 82.6 Å². The summed E-state index contributed by atoms with van der Waals surface area (Å²) in [5, 5.41) is 2.60. The molecule has 0 bridgehead atoms. The third-order valence-electron chi connectivity index (χ3n) is 5.24. The van der Waals surface area contributed by atoms with Crippen LogP contribution in [0.15, 0.2) is 70.7 Å². The number of urea groups is 1. The predicted octanol–water partition coefficient (Wildman–Crippen LogP) is 5.22. The zero-order valence-electron chi connectivity index (χ0n) is 18.7. The Balaban J connectivity index is 1.53. The monoisotopic (exact) mass is 492 g/mol. The van der Waals surface area contributed by atoms with E-state index in [4.69, 9.17) is 20.8 Å². The molecule has 4 amide bonds. The van der Waals surface area contributed by atoms with Crippen LogP contribution < -0.4 is 10.2 Å². The highest BCUT2D eigenvalue weighted by atomic mass is 35.5. The smallest absolute Gasteiger partial charge is 0.338 e. The van der Waals surface area contributed by atoms with Crippen LogP contribution in [0.3, 0.4) is 0 Å². The van der Waals surface area contributed by atoms with Gasteiger partial charge in [-0.15, -0.1) is 0 Å². The lowest BCUT2D eigenvalue weighted by Crippen LogP contribution is -2.54. The Kier molecular flexibility index (Phi) is 7.12. The minimum Gasteiger partial charge on any atom is -0.462 e. The van der Waals surface area contributed by atoms with Crippen molar-refractivity contribution < 1.29 is 28.3 Å². The molecule has 1 saturated heterocycles. The second kappa shape index (κ2) is 10.4. The second-order valence-electron chi connectivity index (χ2n) is 7.70. The number of rotatable bonds is 7. The molecule has 35 heavy (non-hydrogen) atoms. The summed E-state index contributed by atoms with van der Waals surface area (Å²) in [6.07, 6.45) is 3.02. The summed E-state index contributed by atoms with van der Waals surface area (Å²) in [5.41, 5.74) is 1.13. The molecule has 1 fully saturated rings. The minimum atomic E-state index is -0.854. The van der Waals surface area contributed by atoms with Crippen LogP contribution >= 0.6 is 11.6 Å². The Bertz CT molecular complexity index is 1310. The quantitative estimate of drug-likeness (QED) is 0.210. The van der Waals surface area contributed by atoms with Crippen molar-refractivity contribution in [3.63, 3.8) is 0 Å². The number of imide groups is 2. The van der Waals surface area contributed by atoms with Gasteiger partial charge in [-0.3, -0.25) is 14.9 Å². The third-order valence-corrected chi connectivity index (χ3v) is 5.49. The van der Waals surface area contributed by atoms with Crippen LogP contribution in [0.1, 0.15) is 35.9 Å². The van der Waals surface area contributed by atoms with Crippen molar-refractivity contribution in [1.29, 1.82) is 0 Å². The summed E-state index contributed by atoms with van der Waals surface area (Å²) in [4.78, 5) is 50.5. The molecule has 0 aliphatic carbocycles. The van der Waals surface area contributed by atoms with E-state index in [1.807, 2.05) is 6.92 Å². The highest BCUT2D eigenvalue weighted by molar-refractivity contribution is 6.39. The van der Waals surface area contributed by atoms with E-state index in [9.17, 15) is 19.2 Å². The molecule has 1 N–H and O–H groups in total. The van der Waals surface area contributed by atoms with Crippen LogP contribution in [0.2, 0.25) is 5.02 Å². The van der Waals surface area contributed by atoms with Crippen LogP contribution in [0, 0.1) is 0 Å². The van der Waals surface area contributed by atoms with Crippen LogP contribution in [0.25, 0.3) is 17.4 Å². The van der Waals surface area contributed by atoms with Crippen molar-refractivity contribution in [2.75, 3.05) is 11.5 Å². The van der Waals surface area contributed by atoms with Crippen LogP contribution in [0.5, 0.6) is 0 Å². The lowest BCUT2D eigenvalue weighted by molar-refractivity contribution is -0.122. The van der Waals surface area contributed by atoms with Gasteiger partial charge in [0.1, 0.15) is 17.1 Å². The third kappa shape index (κ3) is 5.33. The van der Waals surface area contributed by atoms with Crippen molar-refractivity contribution in [1.82, 2.24) is 5.32 Å².